The van der Waals surface area contributed by atoms with Gasteiger partial charge in [-0.3, -0.25) is 18.5 Å². The van der Waals surface area contributed by atoms with E-state index in [1.807, 2.05) is 0 Å². The fraction of sp³-hybridized carbons (Fsp3) is 0.150. The Hall–Kier alpha value is -3.03. The Bertz CT molecular complexity index is 1340. The lowest BCUT2D eigenvalue weighted by Gasteiger charge is -2.09. The summed E-state index contributed by atoms with van der Waals surface area (Å²) in [5, 5.41) is 1.10. The molecule has 0 atom stereocenters. The minimum absolute atomic E-state index is 0.119. The summed E-state index contributed by atoms with van der Waals surface area (Å²) in [6.07, 6.45) is 0. The number of rotatable bonds is 4. The minimum Gasteiger partial charge on any atom is -0.425 e. The molecule has 0 spiro atoms. The summed E-state index contributed by atoms with van der Waals surface area (Å²) in [5.41, 5.74) is 0.370. The maximum absolute atomic E-state index is 13.1. The molecule has 0 saturated carbocycles. The van der Waals surface area contributed by atoms with Crippen LogP contribution in [-0.2, 0) is 20.6 Å². The first-order valence-corrected chi connectivity index (χ1v) is 9.45. The van der Waals surface area contributed by atoms with Gasteiger partial charge in [0.2, 0.25) is 0 Å². The number of hydrogen-bond donors (Lipinski definition) is 0. The molecule has 4 aromatic rings. The van der Waals surface area contributed by atoms with E-state index in [0.29, 0.717) is 15.8 Å². The van der Waals surface area contributed by atoms with Gasteiger partial charge in [0.15, 0.2) is 11.2 Å². The van der Waals surface area contributed by atoms with Gasteiger partial charge in [0.05, 0.1) is 6.54 Å². The molecular weight excluding hydrogens is 415 g/mol. The summed E-state index contributed by atoms with van der Waals surface area (Å²) in [7, 11) is 3.23. The maximum Gasteiger partial charge on any atom is 0.332 e. The quantitative estimate of drug-likeness (QED) is 0.495. The van der Waals surface area contributed by atoms with Gasteiger partial charge in [0, 0.05) is 24.1 Å². The van der Waals surface area contributed by atoms with Crippen molar-refractivity contribution in [3.05, 3.63) is 85.0 Å². The largest absolute Gasteiger partial charge is 0.425 e. The van der Waals surface area contributed by atoms with Crippen LogP contribution in [0.15, 0.2) is 58.1 Å². The fourth-order valence-electron chi connectivity index (χ4n) is 3.06. The Balaban J connectivity index is 1.83. The Morgan fingerprint density at radius 1 is 0.966 bits per heavy atom. The maximum atomic E-state index is 13.1. The number of halogens is 2. The zero-order chi connectivity index (χ0) is 20.7. The van der Waals surface area contributed by atoms with E-state index in [1.54, 1.807) is 62.6 Å². The van der Waals surface area contributed by atoms with Crippen molar-refractivity contribution in [1.29, 1.82) is 0 Å². The molecule has 0 fully saturated rings. The molecule has 0 amide bonds. The summed E-state index contributed by atoms with van der Waals surface area (Å²) >= 11 is 11.9. The highest BCUT2D eigenvalue weighted by Gasteiger charge is 2.20. The topological polar surface area (TPSA) is 71.1 Å². The third-order valence-corrected chi connectivity index (χ3v) is 5.07. The SMILES string of the molecule is Cn1c(Oc2cccc(Cl)c2)nc2c1c(=O)n(Cc1ccc(Cl)cc1)c(=O)n2C. The van der Waals surface area contributed by atoms with Crippen LogP contribution in [0.1, 0.15) is 5.56 Å². The molecule has 0 N–H and O–H groups in total. The first kappa shape index (κ1) is 19.3. The molecule has 29 heavy (non-hydrogen) atoms. The lowest BCUT2D eigenvalue weighted by molar-refractivity contribution is 0.427. The van der Waals surface area contributed by atoms with Gasteiger partial charge in [-0.15, -0.1) is 0 Å². The van der Waals surface area contributed by atoms with Crippen LogP contribution in [0.2, 0.25) is 10.0 Å². The molecule has 0 saturated heterocycles. The molecule has 0 bridgehead atoms. The minimum atomic E-state index is -0.468. The number of aryl methyl sites for hydroxylation is 2. The van der Waals surface area contributed by atoms with Crippen molar-refractivity contribution in [2.45, 2.75) is 6.54 Å². The molecule has 2 heterocycles. The molecule has 0 aliphatic carbocycles. The number of fused-ring (bicyclic) bond motifs is 1. The van der Waals surface area contributed by atoms with E-state index < -0.39 is 11.2 Å². The second kappa shape index (κ2) is 7.42. The molecule has 4 rings (SSSR count). The van der Waals surface area contributed by atoms with E-state index in [0.717, 1.165) is 10.1 Å². The summed E-state index contributed by atoms with van der Waals surface area (Å²) < 4.78 is 9.80. The molecule has 2 aromatic heterocycles. The van der Waals surface area contributed by atoms with Crippen molar-refractivity contribution in [2.24, 2.45) is 14.1 Å². The summed E-state index contributed by atoms with van der Waals surface area (Å²) in [6.45, 7) is 0.119. The van der Waals surface area contributed by atoms with Crippen LogP contribution in [0.4, 0.5) is 0 Å². The van der Waals surface area contributed by atoms with E-state index in [2.05, 4.69) is 4.98 Å². The van der Waals surface area contributed by atoms with Gasteiger partial charge in [-0.1, -0.05) is 41.4 Å². The Kier molecular flexibility index (Phi) is 4.94. The van der Waals surface area contributed by atoms with Gasteiger partial charge in [-0.05, 0) is 35.9 Å². The highest BCUT2D eigenvalue weighted by Crippen LogP contribution is 2.25. The predicted molar refractivity (Wildman–Crippen MR) is 112 cm³/mol. The van der Waals surface area contributed by atoms with Crippen molar-refractivity contribution >= 4 is 34.4 Å². The summed E-state index contributed by atoms with van der Waals surface area (Å²) in [6, 6.07) is 14.0. The smallest absolute Gasteiger partial charge is 0.332 e. The summed E-state index contributed by atoms with van der Waals surface area (Å²) in [5.74, 6) is 0.474. The Morgan fingerprint density at radius 3 is 2.38 bits per heavy atom. The van der Waals surface area contributed by atoms with E-state index in [9.17, 15) is 9.59 Å². The highest BCUT2D eigenvalue weighted by molar-refractivity contribution is 6.30. The van der Waals surface area contributed by atoms with E-state index in [4.69, 9.17) is 27.9 Å². The Labute approximate surface area is 175 Å². The average molecular weight is 431 g/mol. The Morgan fingerprint density at radius 2 is 1.69 bits per heavy atom. The molecule has 148 valence electrons. The number of benzene rings is 2. The predicted octanol–water partition coefficient (Wildman–Crippen LogP) is 3.58. The van der Waals surface area contributed by atoms with Crippen molar-refractivity contribution in [2.75, 3.05) is 0 Å². The van der Waals surface area contributed by atoms with E-state index in [1.165, 1.54) is 9.13 Å². The first-order chi connectivity index (χ1) is 13.8. The van der Waals surface area contributed by atoms with Crippen LogP contribution in [0.25, 0.3) is 11.2 Å². The van der Waals surface area contributed by atoms with Crippen LogP contribution in [0, 0.1) is 0 Å². The van der Waals surface area contributed by atoms with Gasteiger partial charge in [-0.25, -0.2) is 4.79 Å². The molecular formula is C20H16Cl2N4O3. The van der Waals surface area contributed by atoms with E-state index >= 15 is 0 Å². The standard InChI is InChI=1S/C20H16Cl2N4O3/c1-24-16-17(23-19(24)29-15-5-3-4-14(22)10-15)25(2)20(28)26(18(16)27)11-12-6-8-13(21)9-7-12/h3-10H,11H2,1-2H3. The van der Waals surface area contributed by atoms with Crippen LogP contribution < -0.4 is 16.0 Å². The van der Waals surface area contributed by atoms with Crippen LogP contribution in [-0.4, -0.2) is 18.7 Å². The monoisotopic (exact) mass is 430 g/mol. The molecule has 0 unspecified atom stereocenters. The van der Waals surface area contributed by atoms with Crippen LogP contribution in [0.5, 0.6) is 11.8 Å². The molecule has 0 aliphatic rings. The van der Waals surface area contributed by atoms with Crippen LogP contribution >= 0.6 is 23.2 Å². The summed E-state index contributed by atoms with van der Waals surface area (Å²) in [4.78, 5) is 30.2. The third-order valence-electron chi connectivity index (χ3n) is 4.58. The van der Waals surface area contributed by atoms with Crippen molar-refractivity contribution in [1.82, 2.24) is 18.7 Å². The van der Waals surface area contributed by atoms with E-state index in [-0.39, 0.29) is 23.7 Å². The average Bonchev–Trinajstić information content (AvgIpc) is 3.01. The second-order valence-electron chi connectivity index (χ2n) is 6.54. The lowest BCUT2D eigenvalue weighted by atomic mass is 10.2. The fourth-order valence-corrected chi connectivity index (χ4v) is 3.37. The second-order valence-corrected chi connectivity index (χ2v) is 7.42. The van der Waals surface area contributed by atoms with Gasteiger partial charge < -0.3 is 4.74 Å². The third kappa shape index (κ3) is 3.54. The van der Waals surface area contributed by atoms with Crippen molar-refractivity contribution < 1.29 is 4.74 Å². The number of ether oxygens (including phenoxy) is 1. The number of aromatic nitrogens is 4. The van der Waals surface area contributed by atoms with Gasteiger partial charge in [0.25, 0.3) is 5.56 Å². The lowest BCUT2D eigenvalue weighted by Crippen LogP contribution is -2.39. The molecule has 0 aliphatic heterocycles. The van der Waals surface area contributed by atoms with Gasteiger partial charge >= 0.3 is 11.7 Å². The molecule has 7 nitrogen and oxygen atoms in total. The zero-order valence-electron chi connectivity index (χ0n) is 15.6. The normalized spacial score (nSPS) is 11.2. The highest BCUT2D eigenvalue weighted by atomic mass is 35.5. The molecule has 0 radical (unpaired) electrons. The number of nitrogens with zero attached hydrogens (tertiary/aromatic N) is 4. The first-order valence-electron chi connectivity index (χ1n) is 8.69. The van der Waals surface area contributed by atoms with Crippen LogP contribution in [0.3, 0.4) is 0 Å². The molecule has 2 aromatic carbocycles. The van der Waals surface area contributed by atoms with Crippen molar-refractivity contribution in [3.63, 3.8) is 0 Å². The number of hydrogen-bond acceptors (Lipinski definition) is 4. The number of imidazole rings is 1. The van der Waals surface area contributed by atoms with Gasteiger partial charge in [0.1, 0.15) is 5.75 Å². The molecule has 9 heteroatoms. The van der Waals surface area contributed by atoms with Crippen molar-refractivity contribution in [3.8, 4) is 11.8 Å². The van der Waals surface area contributed by atoms with Gasteiger partial charge in [-0.2, -0.15) is 4.98 Å². The zero-order valence-corrected chi connectivity index (χ0v) is 17.1.